The molecule has 0 bridgehead atoms. The highest BCUT2D eigenvalue weighted by atomic mass is 16.6. The van der Waals surface area contributed by atoms with Gasteiger partial charge in [0.25, 0.3) is 0 Å². The average Bonchev–Trinajstić information content (AvgIpc) is 2.21. The highest BCUT2D eigenvalue weighted by Crippen LogP contribution is 2.12. The van der Waals surface area contributed by atoms with Crippen LogP contribution >= 0.6 is 0 Å². The summed E-state index contributed by atoms with van der Waals surface area (Å²) < 4.78 is 14.3. The molecule has 0 N–H and O–H groups in total. The smallest absolute Gasteiger partial charge is 0.303 e. The minimum Gasteiger partial charge on any atom is -0.459 e. The molecule has 0 fully saturated rings. The van der Waals surface area contributed by atoms with Gasteiger partial charge in [0.2, 0.25) is 0 Å². The van der Waals surface area contributed by atoms with E-state index >= 15 is 0 Å². The van der Waals surface area contributed by atoms with Crippen LogP contribution in [0.25, 0.3) is 0 Å². The lowest BCUT2D eigenvalue weighted by molar-refractivity contribution is -0.181. The van der Waals surface area contributed by atoms with Crippen molar-refractivity contribution in [1.82, 2.24) is 0 Å². The van der Waals surface area contributed by atoms with E-state index in [-0.39, 0.29) is 0 Å². The van der Waals surface area contributed by atoms with Crippen LogP contribution in [0.1, 0.15) is 27.7 Å². The Labute approximate surface area is 104 Å². The first kappa shape index (κ1) is 16.1. The minimum absolute atomic E-state index is 0.314. The molecule has 7 nitrogen and oxygen atoms in total. The van der Waals surface area contributed by atoms with Crippen molar-refractivity contribution in [3.05, 3.63) is 0 Å². The second kappa shape index (κ2) is 7.41. The second-order valence-electron chi connectivity index (χ2n) is 3.60. The number of esters is 3. The Bertz CT molecular complexity index is 336. The predicted octanol–water partition coefficient (Wildman–Crippen LogP) is 0.000300. The van der Waals surface area contributed by atoms with Crippen LogP contribution in [0.3, 0.4) is 0 Å². The number of hydrogen-bond donors (Lipinski definition) is 0. The SMILES string of the molecule is CC(=O)O[C@@H]([C@H](C)OC(C)=O)[C@H](C=O)OC(C)=O. The molecule has 0 spiro atoms. The van der Waals surface area contributed by atoms with E-state index in [1.807, 2.05) is 0 Å². The summed E-state index contributed by atoms with van der Waals surface area (Å²) in [4.78, 5) is 43.4. The van der Waals surface area contributed by atoms with Crippen molar-refractivity contribution in [1.29, 1.82) is 0 Å². The third-order valence-electron chi connectivity index (χ3n) is 1.88. The lowest BCUT2D eigenvalue weighted by Crippen LogP contribution is -2.44. The van der Waals surface area contributed by atoms with Crippen LogP contribution in [0.15, 0.2) is 0 Å². The number of aldehydes is 1. The van der Waals surface area contributed by atoms with Gasteiger partial charge in [0.05, 0.1) is 0 Å². The van der Waals surface area contributed by atoms with Crippen LogP contribution in [-0.4, -0.2) is 42.5 Å². The fraction of sp³-hybridized carbons (Fsp3) is 0.636. The second-order valence-corrected chi connectivity index (χ2v) is 3.60. The van der Waals surface area contributed by atoms with E-state index < -0.39 is 36.2 Å². The molecule has 0 aliphatic rings. The molecule has 0 radical (unpaired) electrons. The van der Waals surface area contributed by atoms with Gasteiger partial charge in [0.15, 0.2) is 18.5 Å². The Morgan fingerprint density at radius 3 is 1.67 bits per heavy atom. The molecule has 0 aliphatic carbocycles. The quantitative estimate of drug-likeness (QED) is 0.376. The molecule has 0 heterocycles. The molecule has 18 heavy (non-hydrogen) atoms. The Kier molecular flexibility index (Phi) is 6.62. The maximum Gasteiger partial charge on any atom is 0.303 e. The zero-order valence-electron chi connectivity index (χ0n) is 10.7. The maximum atomic E-state index is 10.9. The molecule has 0 amide bonds. The topological polar surface area (TPSA) is 96.0 Å². The zero-order chi connectivity index (χ0) is 14.3. The third-order valence-corrected chi connectivity index (χ3v) is 1.88. The molecular formula is C11H16O7. The van der Waals surface area contributed by atoms with Crippen molar-refractivity contribution >= 4 is 24.2 Å². The van der Waals surface area contributed by atoms with Crippen LogP contribution in [0.2, 0.25) is 0 Å². The first-order valence-corrected chi connectivity index (χ1v) is 5.24. The van der Waals surface area contributed by atoms with Crippen LogP contribution in [0.5, 0.6) is 0 Å². The van der Waals surface area contributed by atoms with Crippen molar-refractivity contribution < 1.29 is 33.4 Å². The van der Waals surface area contributed by atoms with E-state index in [0.717, 1.165) is 13.8 Å². The lowest BCUT2D eigenvalue weighted by Gasteiger charge is -2.26. The standard InChI is InChI=1S/C11H16O7/c1-6(16-7(2)13)11(18-9(4)15)10(5-12)17-8(3)14/h5-6,10-11H,1-4H3/t6-,10-,11-/m0/s1. The van der Waals surface area contributed by atoms with Crippen molar-refractivity contribution in [2.75, 3.05) is 0 Å². The molecule has 0 aromatic rings. The lowest BCUT2D eigenvalue weighted by atomic mass is 10.1. The van der Waals surface area contributed by atoms with Crippen molar-refractivity contribution in [2.24, 2.45) is 0 Å². The first-order chi connectivity index (χ1) is 8.27. The number of carbonyl (C=O) groups is 4. The summed E-state index contributed by atoms with van der Waals surface area (Å²) in [5.74, 6) is -2.00. The third kappa shape index (κ3) is 5.97. The Morgan fingerprint density at radius 1 is 0.889 bits per heavy atom. The molecule has 7 heteroatoms. The molecule has 0 saturated carbocycles. The Balaban J connectivity index is 4.92. The van der Waals surface area contributed by atoms with Gasteiger partial charge < -0.3 is 14.2 Å². The summed E-state index contributed by atoms with van der Waals surface area (Å²) in [5, 5.41) is 0. The first-order valence-electron chi connectivity index (χ1n) is 5.24. The highest BCUT2D eigenvalue weighted by molar-refractivity contribution is 5.72. The summed E-state index contributed by atoms with van der Waals surface area (Å²) in [6.07, 6.45) is -3.09. The maximum absolute atomic E-state index is 10.9. The molecule has 0 aliphatic heterocycles. The van der Waals surface area contributed by atoms with Gasteiger partial charge in [-0.2, -0.15) is 0 Å². The van der Waals surface area contributed by atoms with Gasteiger partial charge in [-0.1, -0.05) is 0 Å². The summed E-state index contributed by atoms with van der Waals surface area (Å²) in [6, 6.07) is 0. The number of rotatable bonds is 6. The van der Waals surface area contributed by atoms with Crippen LogP contribution < -0.4 is 0 Å². The zero-order valence-corrected chi connectivity index (χ0v) is 10.7. The molecule has 0 aromatic carbocycles. The number of carbonyl (C=O) groups excluding carboxylic acids is 4. The Hall–Kier alpha value is -1.92. The molecule has 3 atom stereocenters. The van der Waals surface area contributed by atoms with E-state index in [1.165, 1.54) is 13.8 Å². The number of hydrogen-bond acceptors (Lipinski definition) is 7. The van der Waals surface area contributed by atoms with Crippen molar-refractivity contribution in [3.8, 4) is 0 Å². The van der Waals surface area contributed by atoms with Gasteiger partial charge in [-0.3, -0.25) is 19.2 Å². The highest BCUT2D eigenvalue weighted by Gasteiger charge is 2.34. The van der Waals surface area contributed by atoms with Gasteiger partial charge in [-0.15, -0.1) is 0 Å². The fourth-order valence-electron chi connectivity index (χ4n) is 1.31. The van der Waals surface area contributed by atoms with Gasteiger partial charge in [-0.25, -0.2) is 0 Å². The molecule has 102 valence electrons. The van der Waals surface area contributed by atoms with Crippen molar-refractivity contribution in [2.45, 2.75) is 46.0 Å². The molecule has 0 rings (SSSR count). The Morgan fingerprint density at radius 2 is 1.33 bits per heavy atom. The van der Waals surface area contributed by atoms with Crippen LogP contribution in [0.4, 0.5) is 0 Å². The van der Waals surface area contributed by atoms with Crippen LogP contribution in [0, 0.1) is 0 Å². The predicted molar refractivity (Wildman–Crippen MR) is 58.4 cm³/mol. The van der Waals surface area contributed by atoms with E-state index in [1.54, 1.807) is 0 Å². The van der Waals surface area contributed by atoms with Crippen molar-refractivity contribution in [3.63, 3.8) is 0 Å². The average molecular weight is 260 g/mol. The normalized spacial score (nSPS) is 14.9. The fourth-order valence-corrected chi connectivity index (χ4v) is 1.31. The van der Waals surface area contributed by atoms with E-state index in [0.29, 0.717) is 6.29 Å². The van der Waals surface area contributed by atoms with E-state index in [4.69, 9.17) is 9.47 Å². The van der Waals surface area contributed by atoms with Gasteiger partial charge in [-0.05, 0) is 6.92 Å². The van der Waals surface area contributed by atoms with E-state index in [2.05, 4.69) is 4.74 Å². The minimum atomic E-state index is -1.32. The van der Waals surface area contributed by atoms with Gasteiger partial charge in [0.1, 0.15) is 6.10 Å². The summed E-state index contributed by atoms with van der Waals surface area (Å²) in [5.41, 5.74) is 0. The monoisotopic (exact) mass is 260 g/mol. The van der Waals surface area contributed by atoms with E-state index in [9.17, 15) is 19.2 Å². The molecular weight excluding hydrogens is 244 g/mol. The molecule has 0 unspecified atom stereocenters. The molecule has 0 aromatic heterocycles. The van der Waals surface area contributed by atoms with Gasteiger partial charge >= 0.3 is 17.9 Å². The van der Waals surface area contributed by atoms with Crippen LogP contribution in [-0.2, 0) is 33.4 Å². The summed E-state index contributed by atoms with van der Waals surface area (Å²) in [6.45, 7) is 4.83. The largest absolute Gasteiger partial charge is 0.459 e. The van der Waals surface area contributed by atoms with Gasteiger partial charge in [0, 0.05) is 20.8 Å². The summed E-state index contributed by atoms with van der Waals surface area (Å²) in [7, 11) is 0. The molecule has 0 saturated heterocycles. The number of ether oxygens (including phenoxy) is 3. The summed E-state index contributed by atoms with van der Waals surface area (Å²) >= 11 is 0.